The molecule has 0 aliphatic heterocycles. The largest absolute Gasteiger partial charge is 0.478 e. The van der Waals surface area contributed by atoms with E-state index in [1.807, 2.05) is 24.3 Å². The normalized spacial score (nSPS) is 11.6. The first-order valence-corrected chi connectivity index (χ1v) is 5.74. The van der Waals surface area contributed by atoms with Gasteiger partial charge in [0.15, 0.2) is 0 Å². The first-order chi connectivity index (χ1) is 8.68. The first-order valence-electron chi connectivity index (χ1n) is 5.74. The highest BCUT2D eigenvalue weighted by molar-refractivity contribution is 5.93. The maximum absolute atomic E-state index is 10.4. The Morgan fingerprint density at radius 1 is 1.11 bits per heavy atom. The molecule has 0 saturated heterocycles. The highest BCUT2D eigenvalue weighted by atomic mass is 16.4. The molecule has 0 bridgehead atoms. The third-order valence-electron chi connectivity index (χ3n) is 2.77. The molecule has 0 aromatic heterocycles. The van der Waals surface area contributed by atoms with Gasteiger partial charge in [-0.3, -0.25) is 0 Å². The quantitative estimate of drug-likeness (QED) is 0.652. The van der Waals surface area contributed by atoms with Gasteiger partial charge in [-0.25, -0.2) is 4.79 Å². The van der Waals surface area contributed by atoms with Crippen LogP contribution in [0.4, 0.5) is 0 Å². The van der Waals surface area contributed by atoms with Crippen molar-refractivity contribution in [1.82, 2.24) is 0 Å². The van der Waals surface area contributed by atoms with Crippen LogP contribution in [0.1, 0.15) is 11.1 Å². The van der Waals surface area contributed by atoms with Crippen molar-refractivity contribution in [2.75, 3.05) is 0 Å². The van der Waals surface area contributed by atoms with Gasteiger partial charge >= 0.3 is 5.97 Å². The van der Waals surface area contributed by atoms with Crippen LogP contribution in [0.3, 0.4) is 0 Å². The molecule has 0 aliphatic carbocycles. The third kappa shape index (κ3) is 2.66. The van der Waals surface area contributed by atoms with Crippen molar-refractivity contribution in [3.63, 3.8) is 0 Å². The van der Waals surface area contributed by atoms with E-state index in [4.69, 9.17) is 5.11 Å². The fourth-order valence-electron chi connectivity index (χ4n) is 2.00. The lowest BCUT2D eigenvalue weighted by molar-refractivity contribution is -0.131. The highest BCUT2D eigenvalue weighted by Crippen LogP contribution is 2.23. The van der Waals surface area contributed by atoms with E-state index in [-0.39, 0.29) is 0 Å². The Labute approximate surface area is 106 Å². The van der Waals surface area contributed by atoms with Crippen LogP contribution in [-0.2, 0) is 4.79 Å². The van der Waals surface area contributed by atoms with Crippen molar-refractivity contribution in [1.29, 1.82) is 0 Å². The van der Waals surface area contributed by atoms with Gasteiger partial charge in [0.1, 0.15) is 0 Å². The lowest BCUT2D eigenvalue weighted by atomic mass is 10.00. The maximum Gasteiger partial charge on any atom is 0.328 e. The fourth-order valence-corrected chi connectivity index (χ4v) is 2.00. The van der Waals surface area contributed by atoms with E-state index in [1.165, 1.54) is 22.4 Å². The molecular formula is C16H14O2. The van der Waals surface area contributed by atoms with Crippen molar-refractivity contribution in [2.45, 2.75) is 6.92 Å². The summed E-state index contributed by atoms with van der Waals surface area (Å²) in [4.78, 5) is 10.4. The van der Waals surface area contributed by atoms with Crippen LogP contribution in [0, 0.1) is 6.92 Å². The third-order valence-corrected chi connectivity index (χ3v) is 2.77. The maximum atomic E-state index is 10.4. The number of rotatable bonds is 3. The molecule has 0 amide bonds. The molecule has 0 saturated carbocycles. The van der Waals surface area contributed by atoms with E-state index in [1.54, 1.807) is 6.08 Å². The monoisotopic (exact) mass is 238 g/mol. The van der Waals surface area contributed by atoms with Crippen molar-refractivity contribution >= 4 is 22.8 Å². The summed E-state index contributed by atoms with van der Waals surface area (Å²) in [5.74, 6) is -0.936. The SMILES string of the molecule is Cc1cccc2cccc(C=CC=CC(=O)O)c12. The van der Waals surface area contributed by atoms with Crippen LogP contribution in [0.5, 0.6) is 0 Å². The summed E-state index contributed by atoms with van der Waals surface area (Å²) >= 11 is 0. The second-order valence-corrected chi connectivity index (χ2v) is 4.08. The summed E-state index contributed by atoms with van der Waals surface area (Å²) in [5.41, 5.74) is 2.32. The Morgan fingerprint density at radius 2 is 1.83 bits per heavy atom. The Kier molecular flexibility index (Phi) is 3.58. The van der Waals surface area contributed by atoms with Crippen LogP contribution in [-0.4, -0.2) is 11.1 Å². The molecule has 0 atom stereocenters. The Bertz CT molecular complexity index is 631. The Balaban J connectivity index is 2.42. The lowest BCUT2D eigenvalue weighted by Crippen LogP contribution is -1.84. The van der Waals surface area contributed by atoms with Crippen molar-refractivity contribution in [3.05, 3.63) is 65.8 Å². The fraction of sp³-hybridized carbons (Fsp3) is 0.0625. The van der Waals surface area contributed by atoms with Gasteiger partial charge in [0.2, 0.25) is 0 Å². The summed E-state index contributed by atoms with van der Waals surface area (Å²) < 4.78 is 0. The van der Waals surface area contributed by atoms with Crippen molar-refractivity contribution < 1.29 is 9.90 Å². The summed E-state index contributed by atoms with van der Waals surface area (Å²) in [5, 5.41) is 10.9. The highest BCUT2D eigenvalue weighted by Gasteiger charge is 1.99. The van der Waals surface area contributed by atoms with Crippen LogP contribution in [0.2, 0.25) is 0 Å². The molecule has 1 N–H and O–H groups in total. The number of carboxylic acid groups (broad SMARTS) is 1. The Hall–Kier alpha value is -2.35. The van der Waals surface area contributed by atoms with Crippen molar-refractivity contribution in [2.24, 2.45) is 0 Å². The average Bonchev–Trinajstić information content (AvgIpc) is 2.34. The van der Waals surface area contributed by atoms with Crippen LogP contribution in [0.15, 0.2) is 54.6 Å². The van der Waals surface area contributed by atoms with Gasteiger partial charge in [0, 0.05) is 6.08 Å². The second-order valence-electron chi connectivity index (χ2n) is 4.08. The second kappa shape index (κ2) is 5.32. The molecule has 0 radical (unpaired) electrons. The minimum Gasteiger partial charge on any atom is -0.478 e. The number of benzene rings is 2. The summed E-state index contributed by atoms with van der Waals surface area (Å²) in [6.07, 6.45) is 6.32. The number of allylic oxidation sites excluding steroid dienone is 2. The molecule has 0 heterocycles. The van der Waals surface area contributed by atoms with Crippen LogP contribution in [0.25, 0.3) is 16.8 Å². The molecule has 2 nitrogen and oxygen atoms in total. The smallest absolute Gasteiger partial charge is 0.328 e. The van der Waals surface area contributed by atoms with Gasteiger partial charge < -0.3 is 5.11 Å². The summed E-state index contributed by atoms with van der Waals surface area (Å²) in [6, 6.07) is 12.3. The number of aryl methyl sites for hydroxylation is 1. The zero-order valence-corrected chi connectivity index (χ0v) is 10.1. The molecule has 90 valence electrons. The van der Waals surface area contributed by atoms with Crippen molar-refractivity contribution in [3.8, 4) is 0 Å². The number of hydrogen-bond donors (Lipinski definition) is 1. The van der Waals surface area contributed by atoms with E-state index in [0.717, 1.165) is 11.6 Å². The molecule has 2 aromatic rings. The number of aliphatic carboxylic acids is 1. The minimum absolute atomic E-state index is 0.936. The number of carboxylic acids is 1. The molecule has 2 aromatic carbocycles. The topological polar surface area (TPSA) is 37.3 Å². The number of hydrogen-bond acceptors (Lipinski definition) is 1. The molecule has 0 spiro atoms. The number of fused-ring (bicyclic) bond motifs is 1. The summed E-state index contributed by atoms with van der Waals surface area (Å²) in [6.45, 7) is 2.08. The average molecular weight is 238 g/mol. The molecule has 18 heavy (non-hydrogen) atoms. The van der Waals surface area contributed by atoms with E-state index >= 15 is 0 Å². The van der Waals surface area contributed by atoms with Gasteiger partial charge in [-0.05, 0) is 28.8 Å². The Morgan fingerprint density at radius 3 is 2.56 bits per heavy atom. The molecular weight excluding hydrogens is 224 g/mol. The molecule has 2 heteroatoms. The zero-order valence-electron chi connectivity index (χ0n) is 10.1. The van der Waals surface area contributed by atoms with E-state index < -0.39 is 5.97 Å². The summed E-state index contributed by atoms with van der Waals surface area (Å²) in [7, 11) is 0. The van der Waals surface area contributed by atoms with Gasteiger partial charge in [0.05, 0.1) is 0 Å². The predicted octanol–water partition coefficient (Wildman–Crippen LogP) is 3.80. The van der Waals surface area contributed by atoms with Crippen LogP contribution < -0.4 is 0 Å². The number of carbonyl (C=O) groups is 1. The van der Waals surface area contributed by atoms with E-state index in [9.17, 15) is 4.79 Å². The lowest BCUT2D eigenvalue weighted by Gasteiger charge is -2.05. The van der Waals surface area contributed by atoms with Gasteiger partial charge in [-0.15, -0.1) is 0 Å². The van der Waals surface area contributed by atoms with Gasteiger partial charge in [-0.2, -0.15) is 0 Å². The zero-order chi connectivity index (χ0) is 13.0. The molecule has 2 rings (SSSR count). The first kappa shape index (κ1) is 12.1. The molecule has 0 fully saturated rings. The van der Waals surface area contributed by atoms with Gasteiger partial charge in [-0.1, -0.05) is 54.6 Å². The van der Waals surface area contributed by atoms with E-state index in [0.29, 0.717) is 0 Å². The molecule has 0 aliphatic rings. The standard InChI is InChI=1S/C16H14O2/c1-12-6-4-8-14-10-5-9-13(16(12)14)7-2-3-11-15(17)18/h2-11H,1H3,(H,17,18). The van der Waals surface area contributed by atoms with E-state index in [2.05, 4.69) is 25.1 Å². The van der Waals surface area contributed by atoms with Gasteiger partial charge in [0.25, 0.3) is 0 Å². The van der Waals surface area contributed by atoms with Crippen LogP contribution >= 0.6 is 0 Å². The minimum atomic E-state index is -0.936. The molecule has 0 unspecified atom stereocenters. The predicted molar refractivity (Wildman–Crippen MR) is 74.5 cm³/mol.